The first-order valence-electron chi connectivity index (χ1n) is 10.4. The number of amides is 1. The first-order chi connectivity index (χ1) is 15.8. The van der Waals surface area contributed by atoms with Crippen LogP contribution in [0.2, 0.25) is 0 Å². The fourth-order valence-corrected chi connectivity index (χ4v) is 4.89. The Bertz CT molecular complexity index is 1350. The minimum absolute atomic E-state index is 0.0111. The van der Waals surface area contributed by atoms with Crippen molar-refractivity contribution in [1.82, 2.24) is 4.57 Å². The van der Waals surface area contributed by atoms with Crippen LogP contribution in [-0.4, -0.2) is 36.4 Å². The standard InChI is InChI=1S/C24H25F3N2O4S/c1-13-9-17(6-8-22(13)34(4,32)33)28-24(31)19-12-18(10-14(2)30)29(15(19)3)21-7-5-16(25)11-20(21)23(26)27/h5-9,11-12,14,23,30H,10H2,1-4H3,(H,28,31)/t14-/m0/s1. The van der Waals surface area contributed by atoms with Gasteiger partial charge in [0.1, 0.15) is 5.82 Å². The van der Waals surface area contributed by atoms with Gasteiger partial charge in [0.2, 0.25) is 0 Å². The van der Waals surface area contributed by atoms with E-state index < -0.39 is 39.7 Å². The second kappa shape index (κ2) is 9.63. The van der Waals surface area contributed by atoms with E-state index in [1.165, 1.54) is 41.8 Å². The number of benzene rings is 2. The Labute approximate surface area is 196 Å². The van der Waals surface area contributed by atoms with E-state index in [4.69, 9.17) is 0 Å². The Morgan fingerprint density at radius 1 is 1.12 bits per heavy atom. The molecule has 0 radical (unpaired) electrons. The molecule has 0 aliphatic carbocycles. The number of alkyl halides is 2. The van der Waals surface area contributed by atoms with Gasteiger partial charge in [-0.05, 0) is 68.8 Å². The van der Waals surface area contributed by atoms with Crippen molar-refractivity contribution in [3.05, 3.63) is 76.4 Å². The second-order valence-electron chi connectivity index (χ2n) is 8.23. The number of hydrogen-bond donors (Lipinski definition) is 2. The van der Waals surface area contributed by atoms with Crippen molar-refractivity contribution in [2.24, 2.45) is 0 Å². The third-order valence-corrected chi connectivity index (χ3v) is 6.63. The molecular weight excluding hydrogens is 469 g/mol. The smallest absolute Gasteiger partial charge is 0.265 e. The number of aliphatic hydroxyl groups is 1. The van der Waals surface area contributed by atoms with Gasteiger partial charge in [-0.15, -0.1) is 0 Å². The average molecular weight is 495 g/mol. The summed E-state index contributed by atoms with van der Waals surface area (Å²) in [4.78, 5) is 13.2. The number of aromatic nitrogens is 1. The van der Waals surface area contributed by atoms with Crippen LogP contribution < -0.4 is 5.32 Å². The van der Waals surface area contributed by atoms with Crippen molar-refractivity contribution >= 4 is 21.4 Å². The lowest BCUT2D eigenvalue weighted by atomic mass is 10.1. The summed E-state index contributed by atoms with van der Waals surface area (Å²) in [7, 11) is -3.42. The highest BCUT2D eigenvalue weighted by molar-refractivity contribution is 7.90. The molecule has 10 heteroatoms. The highest BCUT2D eigenvalue weighted by atomic mass is 32.2. The first kappa shape index (κ1) is 25.5. The molecule has 2 N–H and O–H groups in total. The SMILES string of the molecule is Cc1cc(NC(=O)c2cc(C[C@H](C)O)n(-c3ccc(F)cc3C(F)F)c2C)ccc1S(C)(=O)=O. The van der Waals surface area contributed by atoms with Gasteiger partial charge in [-0.1, -0.05) is 0 Å². The maximum Gasteiger partial charge on any atom is 0.265 e. The fraction of sp³-hybridized carbons (Fsp3) is 0.292. The van der Waals surface area contributed by atoms with E-state index in [0.717, 1.165) is 18.4 Å². The molecule has 1 atom stereocenters. The monoisotopic (exact) mass is 494 g/mol. The lowest BCUT2D eigenvalue weighted by Gasteiger charge is -2.17. The molecule has 0 unspecified atom stereocenters. The van der Waals surface area contributed by atoms with Crippen LogP contribution in [0.3, 0.4) is 0 Å². The van der Waals surface area contributed by atoms with Crippen molar-refractivity contribution in [2.45, 2.75) is 44.6 Å². The molecule has 0 spiro atoms. The summed E-state index contributed by atoms with van der Waals surface area (Å²) in [5.74, 6) is -1.36. The number of nitrogens with one attached hydrogen (secondary N) is 1. The highest BCUT2D eigenvalue weighted by Crippen LogP contribution is 2.31. The van der Waals surface area contributed by atoms with Crippen molar-refractivity contribution in [3.63, 3.8) is 0 Å². The van der Waals surface area contributed by atoms with Crippen LogP contribution in [-0.2, 0) is 16.3 Å². The van der Waals surface area contributed by atoms with Crippen LogP contribution in [0.1, 0.15) is 46.2 Å². The van der Waals surface area contributed by atoms with Gasteiger partial charge in [0.25, 0.3) is 12.3 Å². The number of aliphatic hydroxyl groups excluding tert-OH is 1. The normalized spacial score (nSPS) is 12.7. The quantitative estimate of drug-likeness (QED) is 0.496. The Kier molecular flexibility index (Phi) is 7.23. The minimum atomic E-state index is -3.42. The molecule has 0 saturated heterocycles. The molecule has 1 amide bonds. The molecule has 1 heterocycles. The predicted octanol–water partition coefficient (Wildman–Crippen LogP) is 4.75. The van der Waals surface area contributed by atoms with Crippen molar-refractivity contribution in [1.29, 1.82) is 0 Å². The summed E-state index contributed by atoms with van der Waals surface area (Å²) in [5.41, 5.74) is 1.18. The molecule has 1 aromatic heterocycles. The number of anilines is 1. The number of carbonyl (C=O) groups is 1. The van der Waals surface area contributed by atoms with Crippen molar-refractivity contribution in [2.75, 3.05) is 11.6 Å². The number of aryl methyl sites for hydroxylation is 1. The van der Waals surface area contributed by atoms with Crippen LogP contribution in [0.25, 0.3) is 5.69 Å². The molecule has 0 saturated carbocycles. The first-order valence-corrected chi connectivity index (χ1v) is 12.3. The summed E-state index contributed by atoms with van der Waals surface area (Å²) < 4.78 is 66.1. The van der Waals surface area contributed by atoms with Crippen LogP contribution in [0, 0.1) is 19.7 Å². The average Bonchev–Trinajstić information content (AvgIpc) is 3.02. The number of hydrogen-bond acceptors (Lipinski definition) is 4. The lowest BCUT2D eigenvalue weighted by Crippen LogP contribution is -2.14. The molecular formula is C24H25F3N2O4S. The Morgan fingerprint density at radius 2 is 1.79 bits per heavy atom. The van der Waals surface area contributed by atoms with E-state index >= 15 is 0 Å². The van der Waals surface area contributed by atoms with E-state index in [9.17, 15) is 31.5 Å². The second-order valence-corrected chi connectivity index (χ2v) is 10.2. The van der Waals surface area contributed by atoms with Crippen LogP contribution in [0.5, 0.6) is 0 Å². The number of carbonyl (C=O) groups excluding carboxylic acids is 1. The van der Waals surface area contributed by atoms with Crippen LogP contribution >= 0.6 is 0 Å². The molecule has 0 aliphatic rings. The van der Waals surface area contributed by atoms with E-state index in [0.29, 0.717) is 22.6 Å². The zero-order valence-electron chi connectivity index (χ0n) is 19.1. The fourth-order valence-electron chi connectivity index (χ4n) is 3.94. The summed E-state index contributed by atoms with van der Waals surface area (Å²) in [6, 6.07) is 8.88. The summed E-state index contributed by atoms with van der Waals surface area (Å²) in [6.07, 6.45) is -2.63. The van der Waals surface area contributed by atoms with Crippen molar-refractivity contribution in [3.8, 4) is 5.69 Å². The molecule has 6 nitrogen and oxygen atoms in total. The number of sulfone groups is 1. The third-order valence-electron chi connectivity index (χ3n) is 5.37. The largest absolute Gasteiger partial charge is 0.393 e. The molecule has 0 aliphatic heterocycles. The van der Waals surface area contributed by atoms with Crippen LogP contribution in [0.15, 0.2) is 47.4 Å². The van der Waals surface area contributed by atoms with Gasteiger partial charge >= 0.3 is 0 Å². The van der Waals surface area contributed by atoms with Crippen LogP contribution in [0.4, 0.5) is 18.9 Å². The molecule has 2 aromatic carbocycles. The number of halogens is 3. The van der Waals surface area contributed by atoms with Gasteiger partial charge in [0.05, 0.1) is 22.3 Å². The zero-order chi connectivity index (χ0) is 25.4. The number of nitrogens with zero attached hydrogens (tertiary/aromatic N) is 1. The molecule has 3 rings (SSSR count). The Balaban J connectivity index is 2.07. The van der Waals surface area contributed by atoms with Gasteiger partial charge in [-0.25, -0.2) is 21.6 Å². The Hall–Kier alpha value is -3.11. The minimum Gasteiger partial charge on any atom is -0.393 e. The molecule has 34 heavy (non-hydrogen) atoms. The van der Waals surface area contributed by atoms with E-state index in [-0.39, 0.29) is 22.6 Å². The molecule has 0 bridgehead atoms. The van der Waals surface area contributed by atoms with Gasteiger partial charge in [0.15, 0.2) is 9.84 Å². The van der Waals surface area contributed by atoms with Gasteiger partial charge in [-0.2, -0.15) is 0 Å². The lowest BCUT2D eigenvalue weighted by molar-refractivity contribution is 0.102. The third kappa shape index (κ3) is 5.34. The maximum absolute atomic E-state index is 13.7. The van der Waals surface area contributed by atoms with E-state index in [2.05, 4.69) is 5.32 Å². The number of rotatable bonds is 7. The maximum atomic E-state index is 13.7. The molecule has 3 aromatic rings. The Morgan fingerprint density at radius 3 is 2.35 bits per heavy atom. The topological polar surface area (TPSA) is 88.4 Å². The highest BCUT2D eigenvalue weighted by Gasteiger charge is 2.24. The van der Waals surface area contributed by atoms with E-state index in [1.54, 1.807) is 13.8 Å². The summed E-state index contributed by atoms with van der Waals surface area (Å²) in [5, 5.41) is 12.6. The molecule has 0 fully saturated rings. The van der Waals surface area contributed by atoms with Gasteiger partial charge in [-0.3, -0.25) is 4.79 Å². The summed E-state index contributed by atoms with van der Waals surface area (Å²) >= 11 is 0. The van der Waals surface area contributed by atoms with Gasteiger partial charge < -0.3 is 15.0 Å². The van der Waals surface area contributed by atoms with E-state index in [1.807, 2.05) is 0 Å². The zero-order valence-corrected chi connectivity index (χ0v) is 19.9. The predicted molar refractivity (Wildman–Crippen MR) is 123 cm³/mol. The van der Waals surface area contributed by atoms with Gasteiger partial charge in [0, 0.05) is 35.3 Å². The summed E-state index contributed by atoms with van der Waals surface area (Å²) in [6.45, 7) is 4.70. The molecule has 182 valence electrons. The van der Waals surface area contributed by atoms with Crippen molar-refractivity contribution < 1.29 is 31.5 Å².